The largest absolute Gasteiger partial charge is 0.462 e. The Kier molecular flexibility index (Phi) is 43.5. The molecule has 1 unspecified atom stereocenters. The molecule has 0 aliphatic rings. The summed E-state index contributed by atoms with van der Waals surface area (Å²) >= 11 is 0. The highest BCUT2D eigenvalue weighted by Crippen LogP contribution is 2.15. The summed E-state index contributed by atoms with van der Waals surface area (Å²) in [5, 5.41) is 0. The van der Waals surface area contributed by atoms with Gasteiger partial charge in [-0.3, -0.25) is 14.4 Å². The molecule has 6 heteroatoms. The van der Waals surface area contributed by atoms with Crippen LogP contribution in [0, 0.1) is 0 Å². The molecule has 0 saturated carbocycles. The van der Waals surface area contributed by atoms with Crippen LogP contribution in [0.5, 0.6) is 0 Å². The van der Waals surface area contributed by atoms with Crippen LogP contribution in [0.1, 0.15) is 226 Å². The van der Waals surface area contributed by atoms with Crippen LogP contribution in [0.3, 0.4) is 0 Å². The van der Waals surface area contributed by atoms with Gasteiger partial charge in [0.05, 0.1) is 0 Å². The van der Waals surface area contributed by atoms with Crippen LogP contribution in [0.2, 0.25) is 0 Å². The third kappa shape index (κ3) is 44.1. The lowest BCUT2D eigenvalue weighted by molar-refractivity contribution is -0.167. The summed E-state index contributed by atoms with van der Waals surface area (Å²) in [4.78, 5) is 37.1. The Hall–Kier alpha value is -2.89. The summed E-state index contributed by atoms with van der Waals surface area (Å²) in [5.41, 5.74) is 0. The second-order valence-corrected chi connectivity index (χ2v) is 15.6. The van der Waals surface area contributed by atoms with E-state index in [9.17, 15) is 14.4 Å². The van der Waals surface area contributed by atoms with Crippen LogP contribution >= 0.6 is 0 Å². The van der Waals surface area contributed by atoms with Gasteiger partial charge in [-0.25, -0.2) is 0 Å². The molecule has 0 amide bonds. The van der Waals surface area contributed by atoms with E-state index in [1.807, 2.05) is 0 Å². The zero-order valence-corrected chi connectivity index (χ0v) is 37.3. The highest BCUT2D eigenvalue weighted by atomic mass is 16.6. The van der Waals surface area contributed by atoms with Gasteiger partial charge in [0.25, 0.3) is 0 Å². The van der Waals surface area contributed by atoms with E-state index in [4.69, 9.17) is 14.2 Å². The number of carbonyl (C=O) groups excluding carboxylic acids is 3. The molecular formula is C51H88O6. The van der Waals surface area contributed by atoms with Crippen LogP contribution in [-0.4, -0.2) is 37.2 Å². The second-order valence-electron chi connectivity index (χ2n) is 15.6. The normalized spacial score (nSPS) is 12.5. The minimum Gasteiger partial charge on any atom is -0.462 e. The standard InChI is InChI=1S/C51H88O6/c1-4-7-10-13-14-15-16-17-18-19-20-21-22-23-24-25-26-27-28-29-30-31-32-33-34-35-36-39-41-44-50(53)56-47-48(57-51(54)45-42-38-12-9-6-3)46-55-49(52)43-40-37-11-8-5-2/h7,10,14-15,17-18,20-21,23-24,48H,4-6,8-9,11-13,16,19,22,25-47H2,1-3H3/b10-7-,15-14-,18-17-,21-20-,24-23-. The van der Waals surface area contributed by atoms with Crippen LogP contribution in [-0.2, 0) is 28.6 Å². The van der Waals surface area contributed by atoms with Crippen molar-refractivity contribution in [2.24, 2.45) is 0 Å². The Labute approximate surface area is 351 Å². The van der Waals surface area contributed by atoms with Crippen LogP contribution in [0.4, 0.5) is 0 Å². The number of esters is 3. The molecule has 0 heterocycles. The molecule has 0 N–H and O–H groups in total. The van der Waals surface area contributed by atoms with Crippen molar-refractivity contribution in [3.8, 4) is 0 Å². The van der Waals surface area contributed by atoms with Crippen molar-refractivity contribution in [3.05, 3.63) is 60.8 Å². The minimum atomic E-state index is -0.763. The number of ether oxygens (including phenoxy) is 3. The molecule has 0 spiro atoms. The van der Waals surface area contributed by atoms with Gasteiger partial charge in [0.1, 0.15) is 13.2 Å². The van der Waals surface area contributed by atoms with Gasteiger partial charge in [-0.2, -0.15) is 0 Å². The average molecular weight is 797 g/mol. The van der Waals surface area contributed by atoms with E-state index in [0.717, 1.165) is 109 Å². The highest BCUT2D eigenvalue weighted by Gasteiger charge is 2.19. The summed E-state index contributed by atoms with van der Waals surface area (Å²) in [6, 6.07) is 0. The van der Waals surface area contributed by atoms with E-state index in [2.05, 4.69) is 81.5 Å². The van der Waals surface area contributed by atoms with Gasteiger partial charge in [-0.15, -0.1) is 0 Å². The average Bonchev–Trinajstić information content (AvgIpc) is 3.21. The fourth-order valence-corrected chi connectivity index (χ4v) is 6.47. The number of hydrogen-bond donors (Lipinski definition) is 0. The first-order chi connectivity index (χ1) is 28.0. The number of allylic oxidation sites excluding steroid dienone is 10. The molecule has 1 atom stereocenters. The second kappa shape index (κ2) is 45.8. The zero-order chi connectivity index (χ0) is 41.5. The van der Waals surface area contributed by atoms with Gasteiger partial charge in [-0.05, 0) is 64.2 Å². The third-order valence-electron chi connectivity index (χ3n) is 10.0. The molecule has 0 aromatic rings. The lowest BCUT2D eigenvalue weighted by atomic mass is 10.0. The molecule has 57 heavy (non-hydrogen) atoms. The Morgan fingerprint density at radius 1 is 0.368 bits per heavy atom. The topological polar surface area (TPSA) is 78.9 Å². The smallest absolute Gasteiger partial charge is 0.306 e. The third-order valence-corrected chi connectivity index (χ3v) is 10.0. The molecule has 0 rings (SSSR count). The van der Waals surface area contributed by atoms with Crippen molar-refractivity contribution in [2.45, 2.75) is 232 Å². The Balaban J connectivity index is 3.85. The number of rotatable bonds is 42. The van der Waals surface area contributed by atoms with E-state index in [0.29, 0.717) is 19.3 Å². The number of carbonyl (C=O) groups is 3. The molecule has 0 aromatic carbocycles. The molecule has 0 fully saturated rings. The summed E-state index contributed by atoms with van der Waals surface area (Å²) < 4.78 is 16.5. The predicted molar refractivity (Wildman–Crippen MR) is 242 cm³/mol. The summed E-state index contributed by atoms with van der Waals surface area (Å²) in [6.45, 7) is 6.34. The maximum absolute atomic E-state index is 12.4. The van der Waals surface area contributed by atoms with Gasteiger partial charge < -0.3 is 14.2 Å². The fraction of sp³-hybridized carbons (Fsp3) is 0.745. The summed E-state index contributed by atoms with van der Waals surface area (Å²) in [5.74, 6) is -0.906. The van der Waals surface area contributed by atoms with Crippen molar-refractivity contribution in [1.29, 1.82) is 0 Å². The van der Waals surface area contributed by atoms with Gasteiger partial charge in [0.2, 0.25) is 0 Å². The molecule has 0 bridgehead atoms. The van der Waals surface area contributed by atoms with E-state index >= 15 is 0 Å². The van der Waals surface area contributed by atoms with E-state index in [1.54, 1.807) is 0 Å². The molecular weight excluding hydrogens is 709 g/mol. The molecule has 0 aliphatic heterocycles. The quantitative estimate of drug-likeness (QED) is 0.0265. The maximum Gasteiger partial charge on any atom is 0.306 e. The molecule has 0 aliphatic carbocycles. The van der Waals surface area contributed by atoms with Crippen LogP contribution in [0.25, 0.3) is 0 Å². The van der Waals surface area contributed by atoms with E-state index in [1.165, 1.54) is 77.0 Å². The summed E-state index contributed by atoms with van der Waals surface area (Å²) in [6.07, 6.45) is 55.8. The van der Waals surface area contributed by atoms with Crippen molar-refractivity contribution in [1.82, 2.24) is 0 Å². The molecule has 6 nitrogen and oxygen atoms in total. The first-order valence-electron chi connectivity index (χ1n) is 23.8. The SMILES string of the molecule is CC/C=C\C/C=C\C/C=C\C/C=C\C/C=C\CCCCCCCCCCCCCCCC(=O)OCC(COC(=O)CCCCCCC)OC(=O)CCCCCCC. The highest BCUT2D eigenvalue weighted by molar-refractivity contribution is 5.71. The number of hydrogen-bond acceptors (Lipinski definition) is 6. The predicted octanol–water partition coefficient (Wildman–Crippen LogP) is 15.3. The van der Waals surface area contributed by atoms with Crippen molar-refractivity contribution in [2.75, 3.05) is 13.2 Å². The Bertz CT molecular complexity index is 1050. The Morgan fingerprint density at radius 2 is 0.684 bits per heavy atom. The van der Waals surface area contributed by atoms with Gasteiger partial charge in [0, 0.05) is 19.3 Å². The van der Waals surface area contributed by atoms with Crippen molar-refractivity contribution in [3.63, 3.8) is 0 Å². The molecule has 0 radical (unpaired) electrons. The molecule has 328 valence electrons. The van der Waals surface area contributed by atoms with Crippen LogP contribution < -0.4 is 0 Å². The Morgan fingerprint density at radius 3 is 1.07 bits per heavy atom. The maximum atomic E-state index is 12.4. The van der Waals surface area contributed by atoms with Gasteiger partial charge in [-0.1, -0.05) is 204 Å². The molecule has 0 aromatic heterocycles. The zero-order valence-electron chi connectivity index (χ0n) is 37.3. The number of unbranched alkanes of at least 4 members (excludes halogenated alkanes) is 21. The first kappa shape index (κ1) is 54.1. The fourth-order valence-electron chi connectivity index (χ4n) is 6.47. The van der Waals surface area contributed by atoms with E-state index < -0.39 is 6.10 Å². The molecule has 0 saturated heterocycles. The van der Waals surface area contributed by atoms with Crippen LogP contribution in [0.15, 0.2) is 60.8 Å². The lowest BCUT2D eigenvalue weighted by Crippen LogP contribution is -2.30. The first-order valence-corrected chi connectivity index (χ1v) is 23.8. The lowest BCUT2D eigenvalue weighted by Gasteiger charge is -2.18. The van der Waals surface area contributed by atoms with Crippen molar-refractivity contribution < 1.29 is 28.6 Å². The minimum absolute atomic E-state index is 0.0741. The van der Waals surface area contributed by atoms with Gasteiger partial charge >= 0.3 is 17.9 Å². The van der Waals surface area contributed by atoms with Gasteiger partial charge in [0.15, 0.2) is 6.10 Å². The van der Waals surface area contributed by atoms with Crippen molar-refractivity contribution >= 4 is 17.9 Å². The summed E-state index contributed by atoms with van der Waals surface area (Å²) in [7, 11) is 0. The monoisotopic (exact) mass is 797 g/mol. The van der Waals surface area contributed by atoms with E-state index in [-0.39, 0.29) is 31.1 Å².